The van der Waals surface area contributed by atoms with Crippen molar-refractivity contribution in [2.24, 2.45) is 16.6 Å². The molecule has 2 amide bonds. The van der Waals surface area contributed by atoms with Crippen LogP contribution in [0.2, 0.25) is 0 Å². The van der Waals surface area contributed by atoms with Crippen LogP contribution in [0.3, 0.4) is 0 Å². The van der Waals surface area contributed by atoms with E-state index in [-0.39, 0.29) is 17.2 Å². The first-order chi connectivity index (χ1) is 13.7. The molecule has 1 aliphatic rings. The second-order valence-electron chi connectivity index (χ2n) is 9.51. The summed E-state index contributed by atoms with van der Waals surface area (Å²) in [4.78, 5) is 26.9. The lowest BCUT2D eigenvalue weighted by Gasteiger charge is -2.40. The number of amides is 2. The summed E-state index contributed by atoms with van der Waals surface area (Å²) in [6.45, 7) is 7.40. The fourth-order valence-corrected chi connectivity index (χ4v) is 4.14. The number of likely N-dealkylation sites (tertiary alicyclic amines) is 1. The van der Waals surface area contributed by atoms with Crippen LogP contribution in [0.25, 0.3) is 11.1 Å². The second-order valence-corrected chi connectivity index (χ2v) is 9.51. The van der Waals surface area contributed by atoms with Gasteiger partial charge in [0.25, 0.3) is 0 Å². The lowest BCUT2D eigenvalue weighted by atomic mass is 9.73. The fourth-order valence-electron chi connectivity index (χ4n) is 4.14. The number of carbonyl (C=O) groups excluding carboxylic acids is 2. The minimum Gasteiger partial charge on any atom is -0.369 e. The van der Waals surface area contributed by atoms with Crippen LogP contribution in [0.4, 0.5) is 0 Å². The molecular weight excluding hydrogens is 360 g/mol. The lowest BCUT2D eigenvalue weighted by Crippen LogP contribution is -2.50. The Labute approximate surface area is 174 Å². The summed E-state index contributed by atoms with van der Waals surface area (Å²) >= 11 is 0. The van der Waals surface area contributed by atoms with Gasteiger partial charge in [0.1, 0.15) is 0 Å². The summed E-state index contributed by atoms with van der Waals surface area (Å²) in [7, 11) is 0. The Morgan fingerprint density at radius 2 is 1.59 bits per heavy atom. The molecule has 4 nitrogen and oxygen atoms in total. The van der Waals surface area contributed by atoms with Crippen LogP contribution in [0, 0.1) is 10.8 Å². The van der Waals surface area contributed by atoms with E-state index in [1.54, 1.807) is 0 Å². The molecular formula is C25H32N2O2. The van der Waals surface area contributed by atoms with E-state index in [4.69, 9.17) is 5.73 Å². The maximum absolute atomic E-state index is 12.6. The zero-order chi connectivity index (χ0) is 21.1. The summed E-state index contributed by atoms with van der Waals surface area (Å²) < 4.78 is 0. The van der Waals surface area contributed by atoms with Gasteiger partial charge in [-0.15, -0.1) is 0 Å². The number of primary amides is 1. The van der Waals surface area contributed by atoms with E-state index >= 15 is 0 Å². The largest absolute Gasteiger partial charge is 0.369 e. The topological polar surface area (TPSA) is 63.4 Å². The molecule has 154 valence electrons. The number of hydrogen-bond acceptors (Lipinski definition) is 2. The first-order valence-electron chi connectivity index (χ1n) is 10.4. The molecule has 0 atom stereocenters. The molecule has 3 rings (SSSR count). The zero-order valence-corrected chi connectivity index (χ0v) is 17.8. The quantitative estimate of drug-likeness (QED) is 0.818. The van der Waals surface area contributed by atoms with Crippen LogP contribution in [0.15, 0.2) is 54.6 Å². The van der Waals surface area contributed by atoms with Gasteiger partial charge in [-0.2, -0.15) is 0 Å². The van der Waals surface area contributed by atoms with Crippen LogP contribution in [-0.4, -0.2) is 29.8 Å². The van der Waals surface area contributed by atoms with Crippen molar-refractivity contribution in [2.75, 3.05) is 13.1 Å². The van der Waals surface area contributed by atoms with Crippen molar-refractivity contribution in [3.8, 4) is 11.1 Å². The fraction of sp³-hybridized carbons (Fsp3) is 0.440. The third-order valence-electron chi connectivity index (χ3n) is 5.85. The van der Waals surface area contributed by atoms with Crippen LogP contribution in [0.5, 0.6) is 0 Å². The number of carbonyl (C=O) groups is 2. The minimum absolute atomic E-state index is 0.0345. The maximum atomic E-state index is 12.6. The Morgan fingerprint density at radius 1 is 0.966 bits per heavy atom. The second kappa shape index (κ2) is 8.40. The maximum Gasteiger partial charge on any atom is 0.224 e. The number of nitrogens with two attached hydrogens (primary N) is 1. The molecule has 29 heavy (non-hydrogen) atoms. The van der Waals surface area contributed by atoms with Gasteiger partial charge in [0, 0.05) is 19.5 Å². The molecule has 0 aromatic heterocycles. The van der Waals surface area contributed by atoms with E-state index in [1.807, 2.05) is 29.2 Å². The van der Waals surface area contributed by atoms with Crippen molar-refractivity contribution in [3.63, 3.8) is 0 Å². The number of benzene rings is 2. The normalized spacial score (nSPS) is 16.4. The minimum atomic E-state index is -0.589. The predicted octanol–water partition coefficient (Wildman–Crippen LogP) is 4.43. The van der Waals surface area contributed by atoms with Gasteiger partial charge in [-0.1, -0.05) is 75.4 Å². The molecule has 0 bridgehead atoms. The van der Waals surface area contributed by atoms with Crippen molar-refractivity contribution < 1.29 is 9.59 Å². The van der Waals surface area contributed by atoms with Crippen LogP contribution >= 0.6 is 0 Å². The number of piperidine rings is 1. The Bertz CT molecular complexity index is 860. The third-order valence-corrected chi connectivity index (χ3v) is 5.85. The number of rotatable bonds is 5. The van der Waals surface area contributed by atoms with Crippen molar-refractivity contribution in [1.82, 2.24) is 4.90 Å². The van der Waals surface area contributed by atoms with Gasteiger partial charge in [-0.05, 0) is 41.4 Å². The van der Waals surface area contributed by atoms with Crippen LogP contribution in [0.1, 0.15) is 45.6 Å². The first-order valence-corrected chi connectivity index (χ1v) is 10.4. The van der Waals surface area contributed by atoms with Gasteiger partial charge in [0.05, 0.1) is 5.41 Å². The van der Waals surface area contributed by atoms with E-state index in [0.717, 1.165) is 16.7 Å². The number of hydrogen-bond donors (Lipinski definition) is 1. The van der Waals surface area contributed by atoms with Gasteiger partial charge in [-0.25, -0.2) is 0 Å². The highest BCUT2D eigenvalue weighted by molar-refractivity contribution is 5.82. The highest BCUT2D eigenvalue weighted by Gasteiger charge is 2.41. The number of nitrogens with zero attached hydrogens (tertiary/aromatic N) is 1. The molecule has 0 radical (unpaired) electrons. The van der Waals surface area contributed by atoms with Crippen molar-refractivity contribution >= 4 is 11.8 Å². The molecule has 0 aliphatic carbocycles. The molecule has 1 saturated heterocycles. The lowest BCUT2D eigenvalue weighted by molar-refractivity contribution is -0.140. The van der Waals surface area contributed by atoms with Crippen LogP contribution in [-0.2, 0) is 16.0 Å². The van der Waals surface area contributed by atoms with E-state index in [2.05, 4.69) is 51.1 Å². The van der Waals surface area contributed by atoms with E-state index < -0.39 is 5.41 Å². The van der Waals surface area contributed by atoms with Gasteiger partial charge >= 0.3 is 0 Å². The highest BCUT2D eigenvalue weighted by atomic mass is 16.2. The standard InChI is InChI=1S/C25H32N2O2/c1-24(2,3)18-22(28)27-14-12-25(13-15-27,23(26)29)17-19-8-7-11-21(16-19)20-9-5-4-6-10-20/h4-11,16H,12-15,17-18H2,1-3H3,(H2,26,29). The molecule has 1 aliphatic heterocycles. The first kappa shape index (κ1) is 21.1. The Morgan fingerprint density at radius 3 is 2.17 bits per heavy atom. The van der Waals surface area contributed by atoms with Gasteiger partial charge in [0.2, 0.25) is 11.8 Å². The molecule has 2 N–H and O–H groups in total. The van der Waals surface area contributed by atoms with Gasteiger partial charge in [-0.3, -0.25) is 9.59 Å². The van der Waals surface area contributed by atoms with E-state index in [1.165, 1.54) is 0 Å². The Hall–Kier alpha value is -2.62. The van der Waals surface area contributed by atoms with Gasteiger partial charge in [0.15, 0.2) is 0 Å². The molecule has 0 unspecified atom stereocenters. The molecule has 1 fully saturated rings. The van der Waals surface area contributed by atoms with Crippen molar-refractivity contribution in [3.05, 3.63) is 60.2 Å². The Balaban J connectivity index is 1.73. The van der Waals surface area contributed by atoms with Crippen molar-refractivity contribution in [2.45, 2.75) is 46.5 Å². The van der Waals surface area contributed by atoms with E-state index in [0.29, 0.717) is 38.8 Å². The molecule has 2 aromatic rings. The summed E-state index contributed by atoms with van der Waals surface area (Å²) in [5.41, 5.74) is 8.66. The molecule has 0 saturated carbocycles. The van der Waals surface area contributed by atoms with E-state index in [9.17, 15) is 9.59 Å². The third kappa shape index (κ3) is 5.26. The monoisotopic (exact) mass is 392 g/mol. The summed E-state index contributed by atoms with van der Waals surface area (Å²) in [6, 6.07) is 18.6. The molecule has 4 heteroatoms. The molecule has 2 aromatic carbocycles. The smallest absolute Gasteiger partial charge is 0.224 e. The van der Waals surface area contributed by atoms with Crippen molar-refractivity contribution in [1.29, 1.82) is 0 Å². The predicted molar refractivity (Wildman–Crippen MR) is 117 cm³/mol. The summed E-state index contributed by atoms with van der Waals surface area (Å²) in [5, 5.41) is 0. The van der Waals surface area contributed by atoms with Gasteiger partial charge < -0.3 is 10.6 Å². The summed E-state index contributed by atoms with van der Waals surface area (Å²) in [6.07, 6.45) is 2.38. The molecule has 0 spiro atoms. The average Bonchev–Trinajstić information content (AvgIpc) is 2.68. The van der Waals surface area contributed by atoms with Crippen LogP contribution < -0.4 is 5.73 Å². The zero-order valence-electron chi connectivity index (χ0n) is 17.8. The molecule has 1 heterocycles. The average molecular weight is 393 g/mol. The summed E-state index contributed by atoms with van der Waals surface area (Å²) in [5.74, 6) is -0.0906. The SMILES string of the molecule is CC(C)(C)CC(=O)N1CCC(Cc2cccc(-c3ccccc3)c2)(C(N)=O)CC1. The Kier molecular flexibility index (Phi) is 6.11. The highest BCUT2D eigenvalue weighted by Crippen LogP contribution is 2.36.